The second kappa shape index (κ2) is 6.04. The van der Waals surface area contributed by atoms with Gasteiger partial charge in [-0.05, 0) is 73.8 Å². The van der Waals surface area contributed by atoms with E-state index in [1.54, 1.807) is 6.21 Å². The molecule has 0 aromatic heterocycles. The van der Waals surface area contributed by atoms with Crippen LogP contribution >= 0.6 is 0 Å². The third-order valence-corrected chi connectivity index (χ3v) is 6.79. The molecule has 1 saturated carbocycles. The molecule has 5 nitrogen and oxygen atoms in total. The van der Waals surface area contributed by atoms with E-state index in [-0.39, 0.29) is 35.5 Å². The number of hydrogen-bond acceptors (Lipinski definition) is 4. The average Bonchev–Trinajstić information content (AvgIpc) is 3.42. The zero-order valence-electron chi connectivity index (χ0n) is 15.9. The molecular formula is C22H25N3O2. The first-order chi connectivity index (χ1) is 13.0. The van der Waals surface area contributed by atoms with Gasteiger partial charge in [-0.25, -0.2) is 0 Å². The Morgan fingerprint density at radius 1 is 0.963 bits per heavy atom. The predicted octanol–water partition coefficient (Wildman–Crippen LogP) is 3.04. The predicted molar refractivity (Wildman–Crippen MR) is 105 cm³/mol. The molecule has 27 heavy (non-hydrogen) atoms. The lowest BCUT2D eigenvalue weighted by Gasteiger charge is -2.21. The first-order valence-corrected chi connectivity index (χ1v) is 10.0. The Labute approximate surface area is 159 Å². The van der Waals surface area contributed by atoms with E-state index in [0.29, 0.717) is 0 Å². The smallest absolute Gasteiger partial charge is 0.254 e. The number of amides is 2. The van der Waals surface area contributed by atoms with Crippen LogP contribution in [0.5, 0.6) is 0 Å². The number of allylic oxidation sites excluding steroid dienone is 2. The number of benzene rings is 1. The molecule has 2 bridgehead atoms. The van der Waals surface area contributed by atoms with Gasteiger partial charge in [-0.2, -0.15) is 10.1 Å². The van der Waals surface area contributed by atoms with Crippen LogP contribution in [0, 0.1) is 37.5 Å². The van der Waals surface area contributed by atoms with Gasteiger partial charge in [-0.3, -0.25) is 9.59 Å². The van der Waals surface area contributed by atoms with Crippen molar-refractivity contribution < 1.29 is 9.59 Å². The summed E-state index contributed by atoms with van der Waals surface area (Å²) in [7, 11) is 0. The van der Waals surface area contributed by atoms with Gasteiger partial charge in [0.25, 0.3) is 11.8 Å². The van der Waals surface area contributed by atoms with E-state index in [4.69, 9.17) is 0 Å². The quantitative estimate of drug-likeness (QED) is 0.471. The standard InChI is InChI=1S/C22H25N3O2/c1-13-10-18(24-7-3-4-8-24)14(2)9-17(13)12-23-25-21(26)19-15-5-6-16(11-15)20(19)22(25)27/h5-6,9-10,12,15-16,19-20H,3-4,7-8,11H2,1-2H3. The van der Waals surface area contributed by atoms with Gasteiger partial charge >= 0.3 is 0 Å². The molecule has 1 aromatic rings. The summed E-state index contributed by atoms with van der Waals surface area (Å²) in [6.07, 6.45) is 9.34. The lowest BCUT2D eigenvalue weighted by Crippen LogP contribution is -2.28. The van der Waals surface area contributed by atoms with Crippen LogP contribution in [-0.4, -0.2) is 36.1 Å². The molecule has 5 rings (SSSR count). The van der Waals surface area contributed by atoms with Crippen LogP contribution in [0.25, 0.3) is 0 Å². The molecule has 4 aliphatic rings. The number of anilines is 1. The summed E-state index contributed by atoms with van der Waals surface area (Å²) in [5.41, 5.74) is 4.58. The fourth-order valence-electron chi connectivity index (χ4n) is 5.38. The van der Waals surface area contributed by atoms with Crippen LogP contribution in [0.1, 0.15) is 36.0 Å². The van der Waals surface area contributed by atoms with E-state index in [1.165, 1.54) is 24.1 Å². The van der Waals surface area contributed by atoms with Gasteiger partial charge in [0.2, 0.25) is 0 Å². The molecule has 2 amide bonds. The maximum atomic E-state index is 12.7. The molecule has 140 valence electrons. The third kappa shape index (κ3) is 2.47. The summed E-state index contributed by atoms with van der Waals surface area (Å²) < 4.78 is 0. The van der Waals surface area contributed by atoms with E-state index in [0.717, 1.165) is 35.6 Å². The summed E-state index contributed by atoms with van der Waals surface area (Å²) in [6, 6.07) is 4.32. The van der Waals surface area contributed by atoms with Crippen LogP contribution in [-0.2, 0) is 9.59 Å². The Kier molecular flexibility index (Phi) is 3.74. The van der Waals surface area contributed by atoms with Crippen molar-refractivity contribution in [2.45, 2.75) is 33.1 Å². The highest BCUT2D eigenvalue weighted by molar-refractivity contribution is 6.06. The Bertz CT molecular complexity index is 852. The highest BCUT2D eigenvalue weighted by atomic mass is 16.2. The number of hydrazone groups is 1. The minimum atomic E-state index is -0.190. The molecule has 3 fully saturated rings. The van der Waals surface area contributed by atoms with Crippen molar-refractivity contribution in [2.24, 2.45) is 28.8 Å². The molecule has 5 heteroatoms. The fraction of sp³-hybridized carbons (Fsp3) is 0.500. The minimum Gasteiger partial charge on any atom is -0.371 e. The Hall–Kier alpha value is -2.43. The van der Waals surface area contributed by atoms with Gasteiger partial charge in [0.05, 0.1) is 18.1 Å². The van der Waals surface area contributed by atoms with E-state index in [2.05, 4.69) is 48.1 Å². The average molecular weight is 363 g/mol. The number of carbonyl (C=O) groups is 2. The summed E-state index contributed by atoms with van der Waals surface area (Å²) >= 11 is 0. The molecule has 2 aliphatic carbocycles. The lowest BCUT2D eigenvalue weighted by molar-refractivity contribution is -0.140. The van der Waals surface area contributed by atoms with Gasteiger partial charge < -0.3 is 4.90 Å². The zero-order valence-corrected chi connectivity index (χ0v) is 15.9. The minimum absolute atomic E-state index is 0.124. The maximum absolute atomic E-state index is 12.7. The van der Waals surface area contributed by atoms with Gasteiger partial charge in [-0.1, -0.05) is 12.2 Å². The Morgan fingerprint density at radius 2 is 1.59 bits per heavy atom. The summed E-state index contributed by atoms with van der Waals surface area (Å²) in [5.74, 6) is -0.182. The van der Waals surface area contributed by atoms with E-state index < -0.39 is 0 Å². The van der Waals surface area contributed by atoms with Crippen LogP contribution in [0.2, 0.25) is 0 Å². The second-order valence-corrected chi connectivity index (χ2v) is 8.42. The van der Waals surface area contributed by atoms with Crippen molar-refractivity contribution in [2.75, 3.05) is 18.0 Å². The van der Waals surface area contributed by atoms with Crippen molar-refractivity contribution in [3.63, 3.8) is 0 Å². The van der Waals surface area contributed by atoms with Crippen LogP contribution < -0.4 is 4.90 Å². The van der Waals surface area contributed by atoms with E-state index in [9.17, 15) is 9.59 Å². The van der Waals surface area contributed by atoms with Gasteiger partial charge in [-0.15, -0.1) is 0 Å². The third-order valence-electron chi connectivity index (χ3n) is 6.79. The zero-order chi connectivity index (χ0) is 18.7. The lowest BCUT2D eigenvalue weighted by atomic mass is 9.85. The molecule has 0 radical (unpaired) electrons. The number of imide groups is 1. The first-order valence-electron chi connectivity index (χ1n) is 10.0. The van der Waals surface area contributed by atoms with Crippen molar-refractivity contribution in [1.82, 2.24) is 5.01 Å². The molecule has 0 N–H and O–H groups in total. The number of hydrogen-bond donors (Lipinski definition) is 0. The Morgan fingerprint density at radius 3 is 2.22 bits per heavy atom. The monoisotopic (exact) mass is 363 g/mol. The van der Waals surface area contributed by atoms with Crippen molar-refractivity contribution in [1.29, 1.82) is 0 Å². The summed E-state index contributed by atoms with van der Waals surface area (Å²) in [5, 5.41) is 5.46. The molecule has 2 aliphatic heterocycles. The van der Waals surface area contributed by atoms with Crippen molar-refractivity contribution in [3.8, 4) is 0 Å². The topological polar surface area (TPSA) is 53.0 Å². The SMILES string of the molecule is Cc1cc(N2CCCC2)c(C)cc1C=NN1C(=O)C2C3C=CC(C3)C2C1=O. The second-order valence-electron chi connectivity index (χ2n) is 8.42. The van der Waals surface area contributed by atoms with Gasteiger partial charge in [0.1, 0.15) is 0 Å². The number of rotatable bonds is 3. The number of nitrogens with zero attached hydrogens (tertiary/aromatic N) is 3. The number of aryl methyl sites for hydroxylation is 2. The number of carbonyl (C=O) groups excluding carboxylic acids is 2. The normalized spacial score (nSPS) is 31.8. The van der Waals surface area contributed by atoms with Crippen LogP contribution in [0.3, 0.4) is 0 Å². The molecular weight excluding hydrogens is 338 g/mol. The fourth-order valence-corrected chi connectivity index (χ4v) is 5.38. The van der Waals surface area contributed by atoms with Crippen molar-refractivity contribution >= 4 is 23.7 Å². The maximum Gasteiger partial charge on any atom is 0.254 e. The van der Waals surface area contributed by atoms with Gasteiger partial charge in [0, 0.05) is 18.8 Å². The molecule has 0 spiro atoms. The van der Waals surface area contributed by atoms with Crippen molar-refractivity contribution in [3.05, 3.63) is 41.0 Å². The molecule has 2 heterocycles. The number of fused-ring (bicyclic) bond motifs is 5. The van der Waals surface area contributed by atoms with Crippen LogP contribution in [0.4, 0.5) is 5.69 Å². The van der Waals surface area contributed by atoms with E-state index >= 15 is 0 Å². The van der Waals surface area contributed by atoms with Gasteiger partial charge in [0.15, 0.2) is 0 Å². The first kappa shape index (κ1) is 16.7. The summed E-state index contributed by atoms with van der Waals surface area (Å²) in [6.45, 7) is 6.41. The molecule has 2 saturated heterocycles. The molecule has 4 unspecified atom stereocenters. The highest BCUT2D eigenvalue weighted by Gasteiger charge is 2.59. The molecule has 1 aromatic carbocycles. The largest absolute Gasteiger partial charge is 0.371 e. The summed E-state index contributed by atoms with van der Waals surface area (Å²) in [4.78, 5) is 27.9. The van der Waals surface area contributed by atoms with E-state index in [1.807, 2.05) is 0 Å². The molecule has 4 atom stereocenters. The Balaban J connectivity index is 1.39. The highest BCUT2D eigenvalue weighted by Crippen LogP contribution is 2.52. The van der Waals surface area contributed by atoms with Crippen LogP contribution in [0.15, 0.2) is 29.4 Å².